The van der Waals surface area contributed by atoms with Crippen LogP contribution in [0.15, 0.2) is 24.3 Å². The molecular formula is C19H21FN4O2S. The van der Waals surface area contributed by atoms with Crippen molar-refractivity contribution in [1.29, 1.82) is 0 Å². The highest BCUT2D eigenvalue weighted by Gasteiger charge is 2.51. The van der Waals surface area contributed by atoms with Crippen LogP contribution in [0.1, 0.15) is 30.3 Å². The highest BCUT2D eigenvalue weighted by Crippen LogP contribution is 2.46. The van der Waals surface area contributed by atoms with E-state index < -0.39 is 11.9 Å². The molecule has 0 bridgehead atoms. The number of nitrogens with zero attached hydrogens (tertiary/aromatic N) is 2. The van der Waals surface area contributed by atoms with E-state index in [0.717, 1.165) is 12.8 Å². The molecule has 4 rings (SSSR count). The molecule has 1 aromatic heterocycles. The third-order valence-electron chi connectivity index (χ3n) is 5.66. The van der Waals surface area contributed by atoms with Crippen LogP contribution in [0, 0.1) is 23.6 Å². The van der Waals surface area contributed by atoms with Crippen molar-refractivity contribution in [2.75, 3.05) is 12.3 Å². The second kappa shape index (κ2) is 6.60. The van der Waals surface area contributed by atoms with E-state index in [1.54, 1.807) is 17.0 Å². The molecule has 6 nitrogen and oxygen atoms in total. The molecule has 0 spiro atoms. The van der Waals surface area contributed by atoms with Crippen molar-refractivity contribution >= 4 is 28.3 Å². The molecule has 1 aromatic carbocycles. The van der Waals surface area contributed by atoms with E-state index in [4.69, 9.17) is 11.5 Å². The Hall–Kier alpha value is -2.48. The number of thiazole rings is 1. The number of amides is 2. The Balaban J connectivity index is 1.69. The number of benzene rings is 1. The highest BCUT2D eigenvalue weighted by molar-refractivity contribution is 7.19. The van der Waals surface area contributed by atoms with Crippen molar-refractivity contribution in [1.82, 2.24) is 9.88 Å². The number of aromatic nitrogens is 1. The van der Waals surface area contributed by atoms with Gasteiger partial charge in [0.1, 0.15) is 17.6 Å². The van der Waals surface area contributed by atoms with Crippen LogP contribution in [0.3, 0.4) is 0 Å². The molecule has 2 amide bonds. The van der Waals surface area contributed by atoms with Crippen LogP contribution >= 0.6 is 11.3 Å². The quantitative estimate of drug-likeness (QED) is 0.843. The molecule has 4 N–H and O–H groups in total. The average molecular weight is 388 g/mol. The maximum atomic E-state index is 13.3. The Kier molecular flexibility index (Phi) is 4.38. The number of primary amides is 1. The van der Waals surface area contributed by atoms with Gasteiger partial charge in [-0.05, 0) is 48.3 Å². The topological polar surface area (TPSA) is 102 Å². The zero-order valence-corrected chi connectivity index (χ0v) is 15.7. The Labute approximate surface area is 160 Å². The van der Waals surface area contributed by atoms with E-state index >= 15 is 0 Å². The van der Waals surface area contributed by atoms with Crippen LogP contribution in [-0.2, 0) is 4.79 Å². The number of halogens is 1. The van der Waals surface area contributed by atoms with Gasteiger partial charge in [0, 0.05) is 6.54 Å². The van der Waals surface area contributed by atoms with Crippen LogP contribution in [-0.4, -0.2) is 34.3 Å². The fraction of sp³-hybridized carbons (Fsp3) is 0.421. The number of hydrogen-bond donors (Lipinski definition) is 2. The van der Waals surface area contributed by atoms with Crippen molar-refractivity contribution in [3.05, 3.63) is 35.8 Å². The predicted octanol–water partition coefficient (Wildman–Crippen LogP) is 2.50. The molecule has 2 fully saturated rings. The van der Waals surface area contributed by atoms with E-state index in [-0.39, 0.29) is 34.4 Å². The molecule has 142 valence electrons. The van der Waals surface area contributed by atoms with Crippen LogP contribution in [0.25, 0.3) is 10.4 Å². The zero-order valence-electron chi connectivity index (χ0n) is 14.9. The first-order chi connectivity index (χ1) is 12.8. The first-order valence-corrected chi connectivity index (χ1v) is 9.79. The number of nitrogen functional groups attached to an aromatic ring is 1. The lowest BCUT2D eigenvalue weighted by Crippen LogP contribution is -2.46. The van der Waals surface area contributed by atoms with E-state index in [2.05, 4.69) is 11.9 Å². The van der Waals surface area contributed by atoms with E-state index in [1.807, 2.05) is 0 Å². The summed E-state index contributed by atoms with van der Waals surface area (Å²) in [5, 5.41) is 0.251. The first-order valence-electron chi connectivity index (χ1n) is 8.97. The van der Waals surface area contributed by atoms with Crippen molar-refractivity contribution in [3.63, 3.8) is 0 Å². The van der Waals surface area contributed by atoms with E-state index in [0.29, 0.717) is 22.9 Å². The fourth-order valence-corrected chi connectivity index (χ4v) is 5.46. The summed E-state index contributed by atoms with van der Waals surface area (Å²) in [6, 6.07) is 5.22. The second-order valence-electron chi connectivity index (χ2n) is 7.54. The maximum Gasteiger partial charge on any atom is 0.274 e. The van der Waals surface area contributed by atoms with Gasteiger partial charge in [0.15, 0.2) is 5.13 Å². The van der Waals surface area contributed by atoms with E-state index in [1.165, 1.54) is 23.5 Å². The summed E-state index contributed by atoms with van der Waals surface area (Å²) < 4.78 is 13.3. The number of rotatable bonds is 3. The molecule has 1 saturated carbocycles. The predicted molar refractivity (Wildman–Crippen MR) is 101 cm³/mol. The van der Waals surface area contributed by atoms with Gasteiger partial charge in [-0.15, -0.1) is 0 Å². The molecule has 1 aliphatic heterocycles. The van der Waals surface area contributed by atoms with Gasteiger partial charge in [-0.1, -0.05) is 30.4 Å². The molecular weight excluding hydrogens is 367 g/mol. The lowest BCUT2D eigenvalue weighted by atomic mass is 9.93. The zero-order chi connectivity index (χ0) is 19.3. The van der Waals surface area contributed by atoms with Crippen LogP contribution < -0.4 is 11.5 Å². The summed E-state index contributed by atoms with van der Waals surface area (Å²) in [7, 11) is 0. The summed E-state index contributed by atoms with van der Waals surface area (Å²) in [6.45, 7) is 2.66. The minimum atomic E-state index is -0.614. The molecule has 2 heterocycles. The molecule has 8 heteroatoms. The summed E-state index contributed by atoms with van der Waals surface area (Å²) in [5.74, 6) is -0.258. The highest BCUT2D eigenvalue weighted by atomic mass is 32.1. The number of likely N-dealkylation sites (tertiary alicyclic amines) is 1. The normalized spacial score (nSPS) is 27.0. The van der Waals surface area contributed by atoms with Gasteiger partial charge in [-0.3, -0.25) is 9.59 Å². The molecule has 27 heavy (non-hydrogen) atoms. The summed E-state index contributed by atoms with van der Waals surface area (Å²) in [4.78, 5) is 31.8. The third-order valence-corrected chi connectivity index (χ3v) is 6.60. The lowest BCUT2D eigenvalue weighted by molar-refractivity contribution is -0.122. The number of carbonyl (C=O) groups is 2. The van der Waals surface area contributed by atoms with Crippen LogP contribution in [0.5, 0.6) is 0 Å². The smallest absolute Gasteiger partial charge is 0.274 e. The molecule has 4 atom stereocenters. The molecule has 2 aromatic rings. The standard InChI is InChI=1S/C19H21FN4O2S/c1-9-6-11-8-24(15(17(21)25)13(11)7-9)18(26)14-16(27-19(22)23-14)10-2-4-12(20)5-3-10/h2-5,9,11,13,15H,6-8H2,1H3,(H2,21,25)(H2,22,23). The molecule has 2 aliphatic rings. The Morgan fingerprint density at radius 3 is 2.63 bits per heavy atom. The molecule has 1 saturated heterocycles. The van der Waals surface area contributed by atoms with Crippen LogP contribution in [0.2, 0.25) is 0 Å². The minimum Gasteiger partial charge on any atom is -0.375 e. The minimum absolute atomic E-state index is 0.103. The molecule has 1 aliphatic carbocycles. The van der Waals surface area contributed by atoms with Crippen molar-refractivity contribution < 1.29 is 14.0 Å². The van der Waals surface area contributed by atoms with Crippen molar-refractivity contribution in [3.8, 4) is 10.4 Å². The Morgan fingerprint density at radius 2 is 1.96 bits per heavy atom. The second-order valence-corrected chi connectivity index (χ2v) is 8.57. The number of nitrogens with two attached hydrogens (primary N) is 2. The van der Waals surface area contributed by atoms with Gasteiger partial charge in [0.2, 0.25) is 5.91 Å². The van der Waals surface area contributed by atoms with Gasteiger partial charge in [0.05, 0.1) is 4.88 Å². The molecule has 0 radical (unpaired) electrons. The average Bonchev–Trinajstić information content (AvgIpc) is 3.26. The maximum absolute atomic E-state index is 13.3. The Morgan fingerprint density at radius 1 is 1.26 bits per heavy atom. The largest absolute Gasteiger partial charge is 0.375 e. The van der Waals surface area contributed by atoms with Gasteiger partial charge in [-0.25, -0.2) is 9.37 Å². The van der Waals surface area contributed by atoms with Crippen molar-refractivity contribution in [2.45, 2.75) is 25.8 Å². The summed E-state index contributed by atoms with van der Waals surface area (Å²) in [6.07, 6.45) is 1.88. The number of anilines is 1. The fourth-order valence-electron chi connectivity index (χ4n) is 4.63. The van der Waals surface area contributed by atoms with Crippen molar-refractivity contribution in [2.24, 2.45) is 23.5 Å². The van der Waals surface area contributed by atoms with Gasteiger partial charge < -0.3 is 16.4 Å². The molecule has 4 unspecified atom stereocenters. The van der Waals surface area contributed by atoms with Gasteiger partial charge >= 0.3 is 0 Å². The number of fused-ring (bicyclic) bond motifs is 1. The first kappa shape index (κ1) is 17.9. The summed E-state index contributed by atoms with van der Waals surface area (Å²) in [5.41, 5.74) is 12.4. The monoisotopic (exact) mass is 388 g/mol. The third kappa shape index (κ3) is 3.07. The van der Waals surface area contributed by atoms with E-state index in [9.17, 15) is 14.0 Å². The number of carbonyl (C=O) groups excluding carboxylic acids is 2. The SMILES string of the molecule is CC1CC2CN(C(=O)c3nc(N)sc3-c3ccc(F)cc3)C(C(N)=O)C2C1. The van der Waals surface area contributed by atoms with Crippen LogP contribution in [0.4, 0.5) is 9.52 Å². The van der Waals surface area contributed by atoms with Gasteiger partial charge in [0.25, 0.3) is 5.91 Å². The number of hydrogen-bond acceptors (Lipinski definition) is 5. The lowest BCUT2D eigenvalue weighted by Gasteiger charge is -2.25. The summed E-state index contributed by atoms with van der Waals surface area (Å²) >= 11 is 1.17. The Bertz CT molecular complexity index is 898. The van der Waals surface area contributed by atoms with Gasteiger partial charge in [-0.2, -0.15) is 0 Å².